The Bertz CT molecular complexity index is 574. The van der Waals surface area contributed by atoms with Gasteiger partial charge in [0.1, 0.15) is 0 Å². The van der Waals surface area contributed by atoms with Crippen LogP contribution in [0.1, 0.15) is 35.2 Å². The number of benzene rings is 1. The minimum absolute atomic E-state index is 0.0126. The molecule has 6 nitrogen and oxygen atoms in total. The molecule has 0 aromatic heterocycles. The van der Waals surface area contributed by atoms with Gasteiger partial charge in [0.2, 0.25) is 0 Å². The van der Waals surface area contributed by atoms with Gasteiger partial charge < -0.3 is 10.2 Å². The Labute approximate surface area is 123 Å². The van der Waals surface area contributed by atoms with E-state index in [2.05, 4.69) is 5.32 Å². The lowest BCUT2D eigenvalue weighted by molar-refractivity contribution is -0.384. The molecule has 112 valence electrons. The highest BCUT2D eigenvalue weighted by molar-refractivity contribution is 5.96. The summed E-state index contributed by atoms with van der Waals surface area (Å²) in [6.07, 6.45) is 3.08. The van der Waals surface area contributed by atoms with Crippen molar-refractivity contribution in [3.63, 3.8) is 0 Å². The van der Waals surface area contributed by atoms with Crippen LogP contribution in [-0.2, 0) is 0 Å². The van der Waals surface area contributed by atoms with Crippen LogP contribution in [0.4, 0.5) is 5.69 Å². The molecule has 0 spiro atoms. The molecule has 2 atom stereocenters. The summed E-state index contributed by atoms with van der Waals surface area (Å²) in [5, 5.41) is 14.2. The van der Waals surface area contributed by atoms with E-state index in [1.807, 2.05) is 4.90 Å². The molecule has 1 amide bonds. The third kappa shape index (κ3) is 2.51. The fourth-order valence-electron chi connectivity index (χ4n) is 3.45. The molecule has 0 aliphatic carbocycles. The molecule has 2 unspecified atom stereocenters. The second-order valence-corrected chi connectivity index (χ2v) is 5.85. The molecule has 3 rings (SSSR count). The molecular formula is C15H19N3O3. The molecule has 21 heavy (non-hydrogen) atoms. The fourth-order valence-corrected chi connectivity index (χ4v) is 3.45. The maximum absolute atomic E-state index is 12.8. The summed E-state index contributed by atoms with van der Waals surface area (Å²) in [6.45, 7) is 3.55. The monoisotopic (exact) mass is 289 g/mol. The van der Waals surface area contributed by atoms with Crippen LogP contribution in [0.3, 0.4) is 0 Å². The molecular weight excluding hydrogens is 270 g/mol. The fraction of sp³-hybridized carbons (Fsp3) is 0.533. The first-order valence-electron chi connectivity index (χ1n) is 7.36. The molecule has 0 radical (unpaired) electrons. The van der Waals surface area contributed by atoms with Crippen LogP contribution in [0.5, 0.6) is 0 Å². The highest BCUT2D eigenvalue weighted by Gasteiger charge is 2.38. The molecule has 2 aliphatic rings. The second-order valence-electron chi connectivity index (χ2n) is 5.85. The molecule has 2 heterocycles. The largest absolute Gasteiger partial charge is 0.331 e. The Morgan fingerprint density at radius 2 is 2.10 bits per heavy atom. The summed E-state index contributed by atoms with van der Waals surface area (Å²) >= 11 is 0. The topological polar surface area (TPSA) is 75.5 Å². The molecule has 1 aromatic carbocycles. The number of nitro groups is 1. The van der Waals surface area contributed by atoms with Crippen LogP contribution >= 0.6 is 0 Å². The van der Waals surface area contributed by atoms with Gasteiger partial charge in [-0.05, 0) is 44.4 Å². The van der Waals surface area contributed by atoms with Crippen molar-refractivity contribution in [1.82, 2.24) is 10.2 Å². The van der Waals surface area contributed by atoms with Crippen molar-refractivity contribution >= 4 is 11.6 Å². The molecule has 2 fully saturated rings. The number of non-ortho nitro benzene ring substituents is 1. The SMILES string of the molecule is Cc1cc([N+](=O)[O-])ccc1C(=O)N1C2CCNCC1CC2. The highest BCUT2D eigenvalue weighted by Crippen LogP contribution is 2.30. The van der Waals surface area contributed by atoms with Gasteiger partial charge in [-0.1, -0.05) is 0 Å². The summed E-state index contributed by atoms with van der Waals surface area (Å²) in [6, 6.07) is 5.03. The van der Waals surface area contributed by atoms with Crippen LogP contribution in [0.2, 0.25) is 0 Å². The third-order valence-corrected chi connectivity index (χ3v) is 4.54. The van der Waals surface area contributed by atoms with E-state index in [0.29, 0.717) is 17.2 Å². The Morgan fingerprint density at radius 1 is 1.33 bits per heavy atom. The van der Waals surface area contributed by atoms with E-state index < -0.39 is 4.92 Å². The number of carbonyl (C=O) groups excluding carboxylic acids is 1. The average Bonchev–Trinajstić information content (AvgIpc) is 2.71. The molecule has 2 bridgehead atoms. The van der Waals surface area contributed by atoms with E-state index in [0.717, 1.165) is 32.4 Å². The first-order valence-corrected chi connectivity index (χ1v) is 7.36. The summed E-state index contributed by atoms with van der Waals surface area (Å²) in [4.78, 5) is 25.2. The van der Waals surface area contributed by atoms with Gasteiger partial charge in [0.25, 0.3) is 11.6 Å². The minimum atomic E-state index is -0.430. The van der Waals surface area contributed by atoms with Crippen molar-refractivity contribution in [2.45, 2.75) is 38.3 Å². The van der Waals surface area contributed by atoms with Crippen molar-refractivity contribution in [2.75, 3.05) is 13.1 Å². The summed E-state index contributed by atoms with van der Waals surface area (Å²) in [7, 11) is 0. The van der Waals surface area contributed by atoms with Crippen molar-refractivity contribution in [1.29, 1.82) is 0 Å². The van der Waals surface area contributed by atoms with Crippen LogP contribution in [0.25, 0.3) is 0 Å². The Kier molecular flexibility index (Phi) is 3.63. The van der Waals surface area contributed by atoms with Crippen LogP contribution < -0.4 is 5.32 Å². The zero-order valence-corrected chi connectivity index (χ0v) is 12.0. The van der Waals surface area contributed by atoms with Gasteiger partial charge in [0, 0.05) is 36.3 Å². The van der Waals surface area contributed by atoms with Crippen LogP contribution in [0.15, 0.2) is 18.2 Å². The van der Waals surface area contributed by atoms with Crippen molar-refractivity contribution in [3.8, 4) is 0 Å². The number of carbonyl (C=O) groups is 1. The lowest BCUT2D eigenvalue weighted by Crippen LogP contribution is -2.42. The quantitative estimate of drug-likeness (QED) is 0.666. The van der Waals surface area contributed by atoms with E-state index >= 15 is 0 Å². The summed E-state index contributed by atoms with van der Waals surface area (Å²) < 4.78 is 0. The van der Waals surface area contributed by atoms with E-state index in [-0.39, 0.29) is 17.6 Å². The number of hydrogen-bond donors (Lipinski definition) is 1. The first-order chi connectivity index (χ1) is 10.1. The van der Waals surface area contributed by atoms with Crippen LogP contribution in [0, 0.1) is 17.0 Å². The lowest BCUT2D eigenvalue weighted by Gasteiger charge is -2.28. The van der Waals surface area contributed by atoms with Gasteiger partial charge >= 0.3 is 0 Å². The maximum atomic E-state index is 12.8. The average molecular weight is 289 g/mol. The van der Waals surface area contributed by atoms with Gasteiger partial charge in [0.05, 0.1) is 4.92 Å². The highest BCUT2D eigenvalue weighted by atomic mass is 16.6. The zero-order valence-electron chi connectivity index (χ0n) is 12.0. The lowest BCUT2D eigenvalue weighted by atomic mass is 10.1. The molecule has 2 saturated heterocycles. The van der Waals surface area contributed by atoms with E-state index in [1.54, 1.807) is 13.0 Å². The molecule has 6 heteroatoms. The predicted molar refractivity (Wildman–Crippen MR) is 78.3 cm³/mol. The number of hydrogen-bond acceptors (Lipinski definition) is 4. The van der Waals surface area contributed by atoms with Crippen molar-refractivity contribution in [3.05, 3.63) is 39.4 Å². The Hall–Kier alpha value is -1.95. The van der Waals surface area contributed by atoms with Crippen LogP contribution in [-0.4, -0.2) is 40.9 Å². The zero-order chi connectivity index (χ0) is 15.0. The number of nitrogens with zero attached hydrogens (tertiary/aromatic N) is 2. The second kappa shape index (κ2) is 5.44. The number of aryl methyl sites for hydroxylation is 1. The van der Waals surface area contributed by atoms with Gasteiger partial charge in [0.15, 0.2) is 0 Å². The smallest absolute Gasteiger partial charge is 0.269 e. The minimum Gasteiger partial charge on any atom is -0.331 e. The standard InChI is InChI=1S/C15H19N3O3/c1-10-8-12(18(20)21)4-5-14(10)15(19)17-11-2-3-13(17)9-16-7-6-11/h4-5,8,11,13,16H,2-3,6-7,9H2,1H3. The van der Waals surface area contributed by atoms with E-state index in [4.69, 9.17) is 0 Å². The molecule has 1 N–H and O–H groups in total. The van der Waals surface area contributed by atoms with E-state index in [1.165, 1.54) is 12.1 Å². The molecule has 2 aliphatic heterocycles. The number of rotatable bonds is 2. The van der Waals surface area contributed by atoms with Gasteiger partial charge in [-0.25, -0.2) is 0 Å². The number of fused-ring (bicyclic) bond motifs is 2. The number of nitro benzene ring substituents is 1. The Balaban J connectivity index is 1.90. The normalized spacial score (nSPS) is 24.7. The van der Waals surface area contributed by atoms with Crippen molar-refractivity contribution in [2.24, 2.45) is 0 Å². The maximum Gasteiger partial charge on any atom is 0.269 e. The van der Waals surface area contributed by atoms with Gasteiger partial charge in [-0.15, -0.1) is 0 Å². The van der Waals surface area contributed by atoms with Gasteiger partial charge in [-0.3, -0.25) is 14.9 Å². The van der Waals surface area contributed by atoms with Crippen molar-refractivity contribution < 1.29 is 9.72 Å². The predicted octanol–water partition coefficient (Wildman–Crippen LogP) is 1.87. The summed E-state index contributed by atoms with van der Waals surface area (Å²) in [5.41, 5.74) is 1.29. The number of nitrogens with one attached hydrogen (secondary N) is 1. The van der Waals surface area contributed by atoms with Gasteiger partial charge in [-0.2, -0.15) is 0 Å². The number of amides is 1. The van der Waals surface area contributed by atoms with E-state index in [9.17, 15) is 14.9 Å². The third-order valence-electron chi connectivity index (χ3n) is 4.54. The summed E-state index contributed by atoms with van der Waals surface area (Å²) in [5.74, 6) is 0.0126. The molecule has 1 aromatic rings. The Morgan fingerprint density at radius 3 is 2.81 bits per heavy atom. The molecule has 0 saturated carbocycles. The first kappa shape index (κ1) is 14.0.